The zero-order valence-corrected chi connectivity index (χ0v) is 12.8. The van der Waals surface area contributed by atoms with Crippen molar-refractivity contribution in [2.24, 2.45) is 0 Å². The average Bonchev–Trinajstić information content (AvgIpc) is 2.68. The third-order valence-corrected chi connectivity index (χ3v) is 3.79. The van der Waals surface area contributed by atoms with Gasteiger partial charge in [0, 0.05) is 29.2 Å². The highest BCUT2D eigenvalue weighted by Crippen LogP contribution is 2.22. The molecule has 1 saturated heterocycles. The summed E-state index contributed by atoms with van der Waals surface area (Å²) in [5.74, 6) is -0.00954. The minimum atomic E-state index is -0.416. The number of amides is 1. The van der Waals surface area contributed by atoms with Crippen LogP contribution < -0.4 is 0 Å². The molecule has 0 aliphatic carbocycles. The maximum atomic E-state index is 12.5. The second-order valence-electron chi connectivity index (χ2n) is 5.27. The number of nitrogens with zero attached hydrogens (tertiary/aromatic N) is 2. The first-order valence-corrected chi connectivity index (χ1v) is 7.16. The predicted octanol–water partition coefficient (Wildman–Crippen LogP) is 1.59. The third kappa shape index (κ3) is 3.55. The molecule has 1 fully saturated rings. The SMILES string of the molecule is CN(C)CC1CC(O)CN1C(=O)c1cccc(Br)c1. The molecular weight excluding hydrogens is 308 g/mol. The summed E-state index contributed by atoms with van der Waals surface area (Å²) in [7, 11) is 3.96. The van der Waals surface area contributed by atoms with E-state index in [0.717, 1.165) is 11.0 Å². The smallest absolute Gasteiger partial charge is 0.254 e. The molecule has 2 atom stereocenters. The fourth-order valence-corrected chi connectivity index (χ4v) is 2.92. The van der Waals surface area contributed by atoms with Gasteiger partial charge in [0.2, 0.25) is 0 Å². The number of benzene rings is 1. The van der Waals surface area contributed by atoms with E-state index in [-0.39, 0.29) is 11.9 Å². The summed E-state index contributed by atoms with van der Waals surface area (Å²) in [6.45, 7) is 1.20. The maximum absolute atomic E-state index is 12.5. The monoisotopic (exact) mass is 326 g/mol. The van der Waals surface area contributed by atoms with Crippen molar-refractivity contribution < 1.29 is 9.90 Å². The summed E-state index contributed by atoms with van der Waals surface area (Å²) >= 11 is 3.38. The number of likely N-dealkylation sites (tertiary alicyclic amines) is 1. The van der Waals surface area contributed by atoms with Crippen molar-refractivity contribution >= 4 is 21.8 Å². The Balaban J connectivity index is 2.17. The molecule has 0 aromatic heterocycles. The number of halogens is 1. The van der Waals surface area contributed by atoms with Gasteiger partial charge in [-0.25, -0.2) is 0 Å². The fourth-order valence-electron chi connectivity index (χ4n) is 2.52. The Hall–Kier alpha value is -0.910. The molecule has 1 aromatic carbocycles. The Morgan fingerprint density at radius 2 is 2.26 bits per heavy atom. The van der Waals surface area contributed by atoms with E-state index in [9.17, 15) is 9.90 Å². The average molecular weight is 327 g/mol. The Morgan fingerprint density at radius 1 is 1.53 bits per heavy atom. The van der Waals surface area contributed by atoms with Crippen LogP contribution >= 0.6 is 15.9 Å². The molecule has 0 radical (unpaired) electrons. The van der Waals surface area contributed by atoms with E-state index in [0.29, 0.717) is 18.5 Å². The minimum absolute atomic E-state index is 0.00954. The van der Waals surface area contributed by atoms with E-state index in [4.69, 9.17) is 0 Å². The van der Waals surface area contributed by atoms with Crippen molar-refractivity contribution in [3.05, 3.63) is 34.3 Å². The fraction of sp³-hybridized carbons (Fsp3) is 0.500. The molecule has 1 heterocycles. The lowest BCUT2D eigenvalue weighted by atomic mass is 10.1. The van der Waals surface area contributed by atoms with E-state index in [1.807, 2.05) is 43.3 Å². The van der Waals surface area contributed by atoms with Crippen LogP contribution in [0.5, 0.6) is 0 Å². The first-order valence-electron chi connectivity index (χ1n) is 6.36. The molecule has 1 aromatic rings. The first-order chi connectivity index (χ1) is 8.97. The summed E-state index contributed by atoms with van der Waals surface area (Å²) in [6.07, 6.45) is 0.235. The lowest BCUT2D eigenvalue weighted by molar-refractivity contribution is 0.0699. The zero-order valence-electron chi connectivity index (χ0n) is 11.2. The summed E-state index contributed by atoms with van der Waals surface area (Å²) in [4.78, 5) is 16.3. The molecule has 0 bridgehead atoms. The van der Waals surface area contributed by atoms with Crippen LogP contribution in [0.3, 0.4) is 0 Å². The van der Waals surface area contributed by atoms with Gasteiger partial charge in [0.05, 0.1) is 6.10 Å². The largest absolute Gasteiger partial charge is 0.391 e. The Kier molecular flexibility index (Phi) is 4.60. The number of aliphatic hydroxyl groups excluding tert-OH is 1. The van der Waals surface area contributed by atoms with Gasteiger partial charge in [-0.2, -0.15) is 0 Å². The summed E-state index contributed by atoms with van der Waals surface area (Å²) in [5.41, 5.74) is 0.659. The van der Waals surface area contributed by atoms with Crippen molar-refractivity contribution in [1.82, 2.24) is 9.80 Å². The van der Waals surface area contributed by atoms with Gasteiger partial charge in [-0.15, -0.1) is 0 Å². The summed E-state index contributed by atoms with van der Waals surface area (Å²) in [5, 5.41) is 9.81. The molecule has 0 spiro atoms. The Morgan fingerprint density at radius 3 is 2.89 bits per heavy atom. The molecule has 2 rings (SSSR count). The maximum Gasteiger partial charge on any atom is 0.254 e. The Bertz CT molecular complexity index is 465. The Labute approximate surface area is 122 Å². The number of carbonyl (C=O) groups is 1. The molecule has 5 heteroatoms. The van der Waals surface area contributed by atoms with Gasteiger partial charge in [0.25, 0.3) is 5.91 Å². The molecule has 104 valence electrons. The van der Waals surface area contributed by atoms with Gasteiger partial charge < -0.3 is 14.9 Å². The highest BCUT2D eigenvalue weighted by Gasteiger charge is 2.34. The quantitative estimate of drug-likeness (QED) is 0.917. The van der Waals surface area contributed by atoms with Gasteiger partial charge >= 0.3 is 0 Å². The van der Waals surface area contributed by atoms with Gasteiger partial charge in [-0.1, -0.05) is 22.0 Å². The first kappa shape index (κ1) is 14.5. The van der Waals surface area contributed by atoms with Crippen molar-refractivity contribution in [2.45, 2.75) is 18.6 Å². The van der Waals surface area contributed by atoms with Gasteiger partial charge in [-0.05, 0) is 38.7 Å². The van der Waals surface area contributed by atoms with E-state index in [1.54, 1.807) is 4.90 Å². The molecule has 1 aliphatic rings. The van der Waals surface area contributed by atoms with Gasteiger partial charge in [0.15, 0.2) is 0 Å². The third-order valence-electron chi connectivity index (χ3n) is 3.30. The second-order valence-corrected chi connectivity index (χ2v) is 6.19. The van der Waals surface area contributed by atoms with Crippen molar-refractivity contribution in [1.29, 1.82) is 0 Å². The molecule has 1 N–H and O–H groups in total. The molecule has 4 nitrogen and oxygen atoms in total. The lowest BCUT2D eigenvalue weighted by Gasteiger charge is -2.27. The van der Waals surface area contributed by atoms with Crippen molar-refractivity contribution in [3.63, 3.8) is 0 Å². The number of aliphatic hydroxyl groups is 1. The van der Waals surface area contributed by atoms with Crippen molar-refractivity contribution in [3.8, 4) is 0 Å². The molecule has 0 saturated carbocycles. The minimum Gasteiger partial charge on any atom is -0.391 e. The summed E-state index contributed by atoms with van der Waals surface area (Å²) < 4.78 is 0.891. The number of hydrogen-bond acceptors (Lipinski definition) is 3. The zero-order chi connectivity index (χ0) is 14.0. The second kappa shape index (κ2) is 6.03. The number of β-amino-alcohol motifs (C(OH)–C–C–N with tert-alkyl or cyclic N) is 1. The van der Waals surface area contributed by atoms with Crippen LogP contribution in [0.15, 0.2) is 28.7 Å². The van der Waals surface area contributed by atoms with Gasteiger partial charge in [-0.3, -0.25) is 4.79 Å². The lowest BCUT2D eigenvalue weighted by Crippen LogP contribution is -2.41. The molecule has 1 amide bonds. The van der Waals surface area contributed by atoms with Gasteiger partial charge in [0.1, 0.15) is 0 Å². The molecule has 1 aliphatic heterocycles. The summed E-state index contributed by atoms with van der Waals surface area (Å²) in [6, 6.07) is 7.46. The highest BCUT2D eigenvalue weighted by molar-refractivity contribution is 9.10. The van der Waals surface area contributed by atoms with E-state index in [1.165, 1.54) is 0 Å². The number of likely N-dealkylation sites (N-methyl/N-ethyl adjacent to an activating group) is 1. The van der Waals surface area contributed by atoms with Crippen LogP contribution in [-0.4, -0.2) is 60.1 Å². The molecule has 19 heavy (non-hydrogen) atoms. The topological polar surface area (TPSA) is 43.8 Å². The molecular formula is C14H19BrN2O2. The standard InChI is InChI=1S/C14H19BrN2O2/c1-16(2)8-12-7-13(18)9-17(12)14(19)10-4-3-5-11(15)6-10/h3-6,12-13,18H,7-9H2,1-2H3. The van der Waals surface area contributed by atoms with E-state index >= 15 is 0 Å². The van der Waals surface area contributed by atoms with Crippen molar-refractivity contribution in [2.75, 3.05) is 27.2 Å². The van der Waals surface area contributed by atoms with E-state index < -0.39 is 6.10 Å². The number of rotatable bonds is 3. The normalized spacial score (nSPS) is 23.1. The predicted molar refractivity (Wildman–Crippen MR) is 78.1 cm³/mol. The van der Waals surface area contributed by atoms with Crippen LogP contribution in [0, 0.1) is 0 Å². The number of carbonyl (C=O) groups excluding carboxylic acids is 1. The van der Waals surface area contributed by atoms with Crippen LogP contribution in [0.2, 0.25) is 0 Å². The number of hydrogen-bond donors (Lipinski definition) is 1. The van der Waals surface area contributed by atoms with E-state index in [2.05, 4.69) is 15.9 Å². The van der Waals surface area contributed by atoms with Crippen LogP contribution in [0.4, 0.5) is 0 Å². The molecule has 2 unspecified atom stereocenters. The van der Waals surface area contributed by atoms with Crippen LogP contribution in [-0.2, 0) is 0 Å². The highest BCUT2D eigenvalue weighted by atomic mass is 79.9. The van der Waals surface area contributed by atoms with Crippen LogP contribution in [0.25, 0.3) is 0 Å². The van der Waals surface area contributed by atoms with Crippen LogP contribution in [0.1, 0.15) is 16.8 Å².